The van der Waals surface area contributed by atoms with Gasteiger partial charge in [-0.3, -0.25) is 20.0 Å². The molecule has 2 N–H and O–H groups in total. The number of thioether (sulfide) groups is 1. The van der Waals surface area contributed by atoms with E-state index in [0.717, 1.165) is 48.9 Å². The quantitative estimate of drug-likeness (QED) is 0.531. The second-order valence-corrected chi connectivity index (χ2v) is 11.2. The number of carbonyl (C=O) groups excluding carboxylic acids is 1. The summed E-state index contributed by atoms with van der Waals surface area (Å²) < 4.78 is 0. The Bertz CT molecular complexity index is 1240. The number of aromatic nitrogens is 1. The molecule has 0 saturated carbocycles. The van der Waals surface area contributed by atoms with E-state index in [-0.39, 0.29) is 17.3 Å². The Kier molecular flexibility index (Phi) is 6.89. The van der Waals surface area contributed by atoms with E-state index >= 15 is 0 Å². The van der Waals surface area contributed by atoms with Crippen molar-refractivity contribution >= 4 is 35.0 Å². The molecule has 36 heavy (non-hydrogen) atoms. The third-order valence-corrected chi connectivity index (χ3v) is 8.93. The van der Waals surface area contributed by atoms with Crippen molar-refractivity contribution in [2.45, 2.75) is 23.9 Å². The van der Waals surface area contributed by atoms with Crippen LogP contribution < -0.4 is 15.5 Å². The highest BCUT2D eigenvalue weighted by Crippen LogP contribution is 2.40. The van der Waals surface area contributed by atoms with Crippen molar-refractivity contribution in [1.82, 2.24) is 20.5 Å². The number of anilines is 1. The van der Waals surface area contributed by atoms with Crippen LogP contribution in [0.15, 0.2) is 67.0 Å². The molecule has 1 amide bonds. The highest BCUT2D eigenvalue weighted by Gasteiger charge is 2.34. The third kappa shape index (κ3) is 4.85. The number of halogens is 1. The molecule has 0 aliphatic carbocycles. The molecule has 4 heterocycles. The van der Waals surface area contributed by atoms with Gasteiger partial charge in [-0.2, -0.15) is 0 Å². The first-order valence-electron chi connectivity index (χ1n) is 12.6. The van der Waals surface area contributed by atoms with Crippen LogP contribution in [0.1, 0.15) is 33.7 Å². The van der Waals surface area contributed by atoms with Gasteiger partial charge in [-0.1, -0.05) is 41.9 Å². The van der Waals surface area contributed by atoms with Gasteiger partial charge < -0.3 is 10.2 Å². The van der Waals surface area contributed by atoms with Crippen LogP contribution >= 0.6 is 23.4 Å². The van der Waals surface area contributed by atoms with Gasteiger partial charge in [0.05, 0.1) is 17.5 Å². The Balaban J connectivity index is 1.08. The highest BCUT2D eigenvalue weighted by molar-refractivity contribution is 7.99. The van der Waals surface area contributed by atoms with Crippen molar-refractivity contribution in [2.75, 3.05) is 43.4 Å². The summed E-state index contributed by atoms with van der Waals surface area (Å²) in [5.41, 5.74) is 6.47. The van der Waals surface area contributed by atoms with E-state index in [1.165, 1.54) is 22.4 Å². The predicted molar refractivity (Wildman–Crippen MR) is 147 cm³/mol. The molecule has 1 aromatic heterocycles. The number of pyridine rings is 1. The molecule has 3 atom stereocenters. The van der Waals surface area contributed by atoms with Crippen LogP contribution in [0.5, 0.6) is 0 Å². The number of nitrogens with one attached hydrogen (secondary N) is 2. The molecular weight excluding hydrogens is 490 g/mol. The molecule has 8 heteroatoms. The monoisotopic (exact) mass is 519 g/mol. The Labute approximate surface area is 221 Å². The van der Waals surface area contributed by atoms with E-state index < -0.39 is 0 Å². The Morgan fingerprint density at radius 3 is 2.94 bits per heavy atom. The van der Waals surface area contributed by atoms with E-state index in [4.69, 9.17) is 11.6 Å². The van der Waals surface area contributed by atoms with Crippen molar-refractivity contribution in [3.63, 3.8) is 0 Å². The van der Waals surface area contributed by atoms with Crippen molar-refractivity contribution in [3.8, 4) is 0 Å². The first-order valence-corrected chi connectivity index (χ1v) is 14.0. The Morgan fingerprint density at radius 2 is 2.06 bits per heavy atom. The lowest BCUT2D eigenvalue weighted by Gasteiger charge is -2.43. The van der Waals surface area contributed by atoms with Crippen LogP contribution in [0, 0.1) is 0 Å². The van der Waals surface area contributed by atoms with Crippen LogP contribution in [0.4, 0.5) is 5.69 Å². The number of piperazine rings is 1. The van der Waals surface area contributed by atoms with E-state index in [2.05, 4.69) is 67.9 Å². The van der Waals surface area contributed by atoms with E-state index in [9.17, 15) is 4.79 Å². The second-order valence-electron chi connectivity index (χ2n) is 9.67. The maximum Gasteiger partial charge on any atom is 0.238 e. The van der Waals surface area contributed by atoms with Gasteiger partial charge in [-0.05, 0) is 52.9 Å². The van der Waals surface area contributed by atoms with Gasteiger partial charge in [0.25, 0.3) is 0 Å². The van der Waals surface area contributed by atoms with Gasteiger partial charge in [-0.15, -0.1) is 11.8 Å². The van der Waals surface area contributed by atoms with Crippen LogP contribution in [0.3, 0.4) is 0 Å². The highest BCUT2D eigenvalue weighted by atomic mass is 35.5. The molecule has 6 rings (SSSR count). The summed E-state index contributed by atoms with van der Waals surface area (Å²) in [6.45, 7) is 4.36. The van der Waals surface area contributed by atoms with Crippen LogP contribution in [-0.4, -0.2) is 60.3 Å². The van der Waals surface area contributed by atoms with Gasteiger partial charge in [0.1, 0.15) is 0 Å². The fraction of sp³-hybridized carbons (Fsp3) is 0.357. The molecule has 0 radical (unpaired) electrons. The summed E-state index contributed by atoms with van der Waals surface area (Å²) in [6, 6.07) is 19.2. The summed E-state index contributed by atoms with van der Waals surface area (Å²) in [7, 11) is 0. The first kappa shape index (κ1) is 23.8. The fourth-order valence-electron chi connectivity index (χ4n) is 5.61. The molecule has 1 unspecified atom stereocenters. The Morgan fingerprint density at radius 1 is 1.14 bits per heavy atom. The van der Waals surface area contributed by atoms with Crippen LogP contribution in [0.2, 0.25) is 5.02 Å². The van der Waals surface area contributed by atoms with E-state index in [1.807, 2.05) is 18.3 Å². The third-order valence-electron chi connectivity index (χ3n) is 7.42. The number of carbonyl (C=O) groups is 1. The smallest absolute Gasteiger partial charge is 0.238 e. The predicted octanol–water partition coefficient (Wildman–Crippen LogP) is 4.02. The average molecular weight is 520 g/mol. The van der Waals surface area contributed by atoms with Gasteiger partial charge >= 0.3 is 0 Å². The molecule has 2 saturated heterocycles. The first-order chi connectivity index (χ1) is 17.7. The molecular formula is C28H30ClN5OS. The van der Waals surface area contributed by atoms with E-state index in [0.29, 0.717) is 12.6 Å². The van der Waals surface area contributed by atoms with Crippen molar-refractivity contribution in [3.05, 3.63) is 94.3 Å². The number of hydrogen-bond donors (Lipinski definition) is 2. The zero-order chi connectivity index (χ0) is 24.5. The minimum atomic E-state index is -0.172. The summed E-state index contributed by atoms with van der Waals surface area (Å²) in [6.07, 6.45) is 4.54. The minimum absolute atomic E-state index is 0.0816. The van der Waals surface area contributed by atoms with Crippen LogP contribution in [-0.2, 0) is 11.2 Å². The number of hydrogen-bond acceptors (Lipinski definition) is 6. The second kappa shape index (κ2) is 10.4. The largest absolute Gasteiger partial charge is 0.362 e. The molecule has 2 fully saturated rings. The number of fused-ring (bicyclic) bond motifs is 5. The van der Waals surface area contributed by atoms with Crippen molar-refractivity contribution < 1.29 is 4.79 Å². The topological polar surface area (TPSA) is 60.5 Å². The number of nitrogens with zero attached hydrogens (tertiary/aromatic N) is 3. The lowest BCUT2D eigenvalue weighted by atomic mass is 9.96. The fourth-order valence-corrected chi connectivity index (χ4v) is 7.02. The normalized spacial score (nSPS) is 23.4. The summed E-state index contributed by atoms with van der Waals surface area (Å²) in [5.74, 6) is 0.852. The van der Waals surface area contributed by atoms with E-state index in [1.54, 1.807) is 18.0 Å². The SMILES string of the molecule is O=C(NCCN1CCN2c3ccc(Cl)cc3Cc3ccccc3[C@H]2C1)[C@@H]1CSC(c2cccnc2)N1. The number of amides is 1. The van der Waals surface area contributed by atoms with Gasteiger partial charge in [0, 0.05) is 61.6 Å². The lowest BCUT2D eigenvalue weighted by Crippen LogP contribution is -2.51. The standard InChI is InChI=1S/C28H30ClN5OS/c29-22-7-8-25-21(15-22)14-19-4-1-2-6-23(19)26-17-33(12-13-34(25)26)11-10-31-27(35)24-18-36-28(32-24)20-5-3-9-30-16-20/h1-9,15-16,24,26,28,32H,10-14,17-18H2,(H,31,35)/t24-,26+,28?/m0/s1. The van der Waals surface area contributed by atoms with Crippen LogP contribution in [0.25, 0.3) is 0 Å². The number of rotatable bonds is 5. The molecule has 0 bridgehead atoms. The van der Waals surface area contributed by atoms with Crippen molar-refractivity contribution in [1.29, 1.82) is 0 Å². The number of benzene rings is 2. The molecule has 6 nitrogen and oxygen atoms in total. The molecule has 3 aliphatic rings. The van der Waals surface area contributed by atoms with Gasteiger partial charge in [0.2, 0.25) is 5.91 Å². The molecule has 186 valence electrons. The molecule has 0 spiro atoms. The maximum atomic E-state index is 12.8. The minimum Gasteiger partial charge on any atom is -0.362 e. The summed E-state index contributed by atoms with van der Waals surface area (Å²) in [4.78, 5) is 22.0. The molecule has 2 aromatic carbocycles. The van der Waals surface area contributed by atoms with Crippen molar-refractivity contribution in [2.24, 2.45) is 0 Å². The lowest BCUT2D eigenvalue weighted by molar-refractivity contribution is -0.122. The Hall–Kier alpha value is -2.58. The zero-order valence-corrected chi connectivity index (χ0v) is 21.6. The average Bonchev–Trinajstić information content (AvgIpc) is 3.36. The summed E-state index contributed by atoms with van der Waals surface area (Å²) >= 11 is 8.11. The maximum absolute atomic E-state index is 12.8. The molecule has 3 aliphatic heterocycles. The summed E-state index contributed by atoms with van der Waals surface area (Å²) in [5, 5.41) is 7.53. The molecule has 3 aromatic rings. The van der Waals surface area contributed by atoms with Gasteiger partial charge in [0.15, 0.2) is 0 Å². The van der Waals surface area contributed by atoms with Gasteiger partial charge in [-0.25, -0.2) is 0 Å². The zero-order valence-electron chi connectivity index (χ0n) is 20.1.